The molecule has 0 bridgehead atoms. The molecule has 1 aliphatic heterocycles. The molecule has 0 aromatic heterocycles. The first-order valence-electron chi connectivity index (χ1n) is 10.5. The number of likely N-dealkylation sites (tertiary alicyclic amines) is 1. The van der Waals surface area contributed by atoms with E-state index in [9.17, 15) is 4.79 Å². The van der Waals surface area contributed by atoms with Crippen molar-refractivity contribution in [1.29, 1.82) is 0 Å². The van der Waals surface area contributed by atoms with Gasteiger partial charge in [0.2, 0.25) is 5.91 Å². The molecule has 1 fully saturated rings. The lowest BCUT2D eigenvalue weighted by atomic mass is 9.99. The fourth-order valence-electron chi connectivity index (χ4n) is 3.32. The molecule has 1 aliphatic rings. The zero-order valence-electron chi connectivity index (χ0n) is 17.0. The number of para-hydroxylation sites is 2. The molecular formula is C22H36N2O3. The molecule has 0 atom stereocenters. The summed E-state index contributed by atoms with van der Waals surface area (Å²) >= 11 is 0. The fourth-order valence-corrected chi connectivity index (χ4v) is 3.32. The number of piperidine rings is 1. The van der Waals surface area contributed by atoms with E-state index < -0.39 is 0 Å². The highest BCUT2D eigenvalue weighted by atomic mass is 16.5. The van der Waals surface area contributed by atoms with Gasteiger partial charge in [0.05, 0.1) is 13.2 Å². The van der Waals surface area contributed by atoms with Crippen molar-refractivity contribution in [2.75, 3.05) is 39.4 Å². The number of benzene rings is 1. The Morgan fingerprint density at radius 3 is 2.52 bits per heavy atom. The lowest BCUT2D eigenvalue weighted by molar-refractivity contribution is -0.121. The number of carbonyl (C=O) groups excluding carboxylic acids is 1. The summed E-state index contributed by atoms with van der Waals surface area (Å²) < 4.78 is 11.3. The van der Waals surface area contributed by atoms with Crippen molar-refractivity contribution in [1.82, 2.24) is 10.2 Å². The van der Waals surface area contributed by atoms with Gasteiger partial charge in [-0.15, -0.1) is 0 Å². The molecule has 1 aromatic rings. The predicted octanol–water partition coefficient (Wildman–Crippen LogP) is 3.87. The Balaban J connectivity index is 1.48. The van der Waals surface area contributed by atoms with E-state index in [-0.39, 0.29) is 5.91 Å². The summed E-state index contributed by atoms with van der Waals surface area (Å²) in [6.07, 6.45) is 6.07. The van der Waals surface area contributed by atoms with Crippen molar-refractivity contribution in [2.24, 2.45) is 5.92 Å². The first kappa shape index (κ1) is 21.5. The van der Waals surface area contributed by atoms with Crippen LogP contribution in [0.2, 0.25) is 0 Å². The van der Waals surface area contributed by atoms with Crippen LogP contribution in [0.3, 0.4) is 0 Å². The highest BCUT2D eigenvalue weighted by molar-refractivity contribution is 5.75. The van der Waals surface area contributed by atoms with Crippen molar-refractivity contribution in [2.45, 2.75) is 52.4 Å². The topological polar surface area (TPSA) is 50.8 Å². The molecule has 1 heterocycles. The molecule has 0 saturated carbocycles. The van der Waals surface area contributed by atoms with Crippen LogP contribution in [0.25, 0.3) is 0 Å². The van der Waals surface area contributed by atoms with Crippen molar-refractivity contribution < 1.29 is 14.3 Å². The first-order valence-corrected chi connectivity index (χ1v) is 10.5. The minimum Gasteiger partial charge on any atom is -0.490 e. The van der Waals surface area contributed by atoms with E-state index in [1.54, 1.807) is 0 Å². The zero-order valence-corrected chi connectivity index (χ0v) is 17.0. The van der Waals surface area contributed by atoms with E-state index in [1.807, 2.05) is 31.2 Å². The highest BCUT2D eigenvalue weighted by Gasteiger charge is 2.14. The Morgan fingerprint density at radius 2 is 1.81 bits per heavy atom. The summed E-state index contributed by atoms with van der Waals surface area (Å²) in [5, 5.41) is 3.02. The second-order valence-electron chi connectivity index (χ2n) is 7.41. The minimum absolute atomic E-state index is 0.114. The molecule has 1 aromatic carbocycles. The maximum absolute atomic E-state index is 11.9. The number of carbonyl (C=O) groups is 1. The Morgan fingerprint density at radius 1 is 1.11 bits per heavy atom. The molecule has 27 heavy (non-hydrogen) atoms. The number of nitrogens with zero attached hydrogens (tertiary/aromatic N) is 1. The summed E-state index contributed by atoms with van der Waals surface area (Å²) in [6.45, 7) is 9.83. The predicted molar refractivity (Wildman–Crippen MR) is 109 cm³/mol. The van der Waals surface area contributed by atoms with Crippen molar-refractivity contribution in [3.63, 3.8) is 0 Å². The number of nitrogens with one attached hydrogen (secondary N) is 1. The van der Waals surface area contributed by atoms with Gasteiger partial charge in [-0.05, 0) is 76.7 Å². The van der Waals surface area contributed by atoms with Crippen LogP contribution in [0.5, 0.6) is 11.5 Å². The lowest BCUT2D eigenvalue weighted by Gasteiger charge is -2.30. The van der Waals surface area contributed by atoms with E-state index in [2.05, 4.69) is 17.1 Å². The van der Waals surface area contributed by atoms with Gasteiger partial charge in [0, 0.05) is 13.0 Å². The van der Waals surface area contributed by atoms with Gasteiger partial charge in [0.1, 0.15) is 0 Å². The van der Waals surface area contributed by atoms with Gasteiger partial charge in [-0.25, -0.2) is 0 Å². The number of ether oxygens (including phenoxy) is 2. The second kappa shape index (κ2) is 12.6. The maximum Gasteiger partial charge on any atom is 0.220 e. The van der Waals surface area contributed by atoms with E-state index >= 15 is 0 Å². The molecular weight excluding hydrogens is 340 g/mol. The van der Waals surface area contributed by atoms with Crippen molar-refractivity contribution in [3.05, 3.63) is 24.3 Å². The number of hydrogen-bond donors (Lipinski definition) is 1. The number of rotatable bonds is 12. The Bertz CT molecular complexity index is 542. The molecule has 152 valence electrons. The van der Waals surface area contributed by atoms with Crippen LogP contribution in [0.1, 0.15) is 52.4 Å². The van der Waals surface area contributed by atoms with Crippen LogP contribution in [-0.4, -0.2) is 50.2 Å². The molecule has 0 radical (unpaired) electrons. The minimum atomic E-state index is 0.114. The van der Waals surface area contributed by atoms with Gasteiger partial charge in [0.15, 0.2) is 11.5 Å². The Hall–Kier alpha value is -1.75. The third-order valence-corrected chi connectivity index (χ3v) is 5.05. The van der Waals surface area contributed by atoms with E-state index in [1.165, 1.54) is 25.9 Å². The summed E-state index contributed by atoms with van der Waals surface area (Å²) in [4.78, 5) is 14.5. The Kier molecular flexibility index (Phi) is 10.1. The van der Waals surface area contributed by atoms with E-state index in [0.29, 0.717) is 26.1 Å². The van der Waals surface area contributed by atoms with Gasteiger partial charge in [0.25, 0.3) is 0 Å². The maximum atomic E-state index is 11.9. The van der Waals surface area contributed by atoms with Crippen molar-refractivity contribution >= 4 is 5.91 Å². The summed E-state index contributed by atoms with van der Waals surface area (Å²) in [7, 11) is 0. The average Bonchev–Trinajstić information content (AvgIpc) is 2.68. The van der Waals surface area contributed by atoms with Gasteiger partial charge in [-0.3, -0.25) is 4.79 Å². The van der Waals surface area contributed by atoms with E-state index in [4.69, 9.17) is 9.47 Å². The molecule has 1 N–H and O–H groups in total. The van der Waals surface area contributed by atoms with Crippen LogP contribution < -0.4 is 14.8 Å². The molecule has 5 heteroatoms. The molecule has 1 amide bonds. The average molecular weight is 377 g/mol. The quantitative estimate of drug-likeness (QED) is 0.563. The lowest BCUT2D eigenvalue weighted by Crippen LogP contribution is -2.34. The highest BCUT2D eigenvalue weighted by Crippen LogP contribution is 2.26. The van der Waals surface area contributed by atoms with Crippen LogP contribution in [0.15, 0.2) is 24.3 Å². The standard InChI is InChI=1S/C22H36N2O3/c1-3-26-20-9-4-5-10-21(20)27-18-8-11-22(25)23-14-6-7-15-24-16-12-19(2)13-17-24/h4-5,9-10,19H,3,6-8,11-18H2,1-2H3,(H,23,25). The number of unbranched alkanes of at least 4 members (excludes halogenated alkanes) is 1. The molecule has 2 rings (SSSR count). The van der Waals surface area contributed by atoms with Crippen LogP contribution in [0.4, 0.5) is 0 Å². The summed E-state index contributed by atoms with van der Waals surface area (Å²) in [5.41, 5.74) is 0. The van der Waals surface area contributed by atoms with Gasteiger partial charge < -0.3 is 19.7 Å². The summed E-state index contributed by atoms with van der Waals surface area (Å²) in [6, 6.07) is 7.65. The van der Waals surface area contributed by atoms with Gasteiger partial charge in [-0.1, -0.05) is 19.1 Å². The monoisotopic (exact) mass is 376 g/mol. The molecule has 0 spiro atoms. The SMILES string of the molecule is CCOc1ccccc1OCCCC(=O)NCCCCN1CCC(C)CC1. The van der Waals surface area contributed by atoms with Crippen molar-refractivity contribution in [3.8, 4) is 11.5 Å². The van der Waals surface area contributed by atoms with Gasteiger partial charge in [-0.2, -0.15) is 0 Å². The van der Waals surface area contributed by atoms with Crippen LogP contribution in [0, 0.1) is 5.92 Å². The smallest absolute Gasteiger partial charge is 0.220 e. The molecule has 1 saturated heterocycles. The Labute approximate surface area is 164 Å². The number of amides is 1. The van der Waals surface area contributed by atoms with E-state index in [0.717, 1.165) is 43.3 Å². The second-order valence-corrected chi connectivity index (χ2v) is 7.41. The van der Waals surface area contributed by atoms with Crippen LogP contribution in [-0.2, 0) is 4.79 Å². The third-order valence-electron chi connectivity index (χ3n) is 5.05. The first-order chi connectivity index (χ1) is 13.2. The summed E-state index contributed by atoms with van der Waals surface area (Å²) in [5.74, 6) is 2.50. The fraction of sp³-hybridized carbons (Fsp3) is 0.682. The largest absolute Gasteiger partial charge is 0.490 e. The normalized spacial score (nSPS) is 15.5. The molecule has 5 nitrogen and oxygen atoms in total. The number of hydrogen-bond acceptors (Lipinski definition) is 4. The van der Waals surface area contributed by atoms with Gasteiger partial charge >= 0.3 is 0 Å². The zero-order chi connectivity index (χ0) is 19.3. The molecule has 0 aliphatic carbocycles. The van der Waals surface area contributed by atoms with Crippen LogP contribution >= 0.6 is 0 Å². The molecule has 0 unspecified atom stereocenters. The third kappa shape index (κ3) is 8.65.